The predicted molar refractivity (Wildman–Crippen MR) is 126 cm³/mol. The first-order valence-corrected chi connectivity index (χ1v) is 12.0. The van der Waals surface area contributed by atoms with E-state index in [9.17, 15) is 27.9 Å². The number of aliphatic carboxylic acids is 1. The van der Waals surface area contributed by atoms with Gasteiger partial charge in [-0.2, -0.15) is 0 Å². The number of hydrogen-bond acceptors (Lipinski definition) is 7. The van der Waals surface area contributed by atoms with Gasteiger partial charge in [0.15, 0.2) is 0 Å². The van der Waals surface area contributed by atoms with Crippen LogP contribution in [0.3, 0.4) is 0 Å². The van der Waals surface area contributed by atoms with Gasteiger partial charge >= 0.3 is 12.0 Å². The van der Waals surface area contributed by atoms with Crippen molar-refractivity contribution in [1.82, 2.24) is 15.2 Å². The topological polar surface area (TPSA) is 168 Å². The zero-order valence-corrected chi connectivity index (χ0v) is 19.9. The molecule has 1 aromatic heterocycles. The fraction of sp³-hybridized carbons (Fsp3) is 0.217. The van der Waals surface area contributed by atoms with Crippen molar-refractivity contribution in [2.24, 2.45) is 5.92 Å². The Hall–Kier alpha value is -4.19. The molecule has 12 heteroatoms. The molecular formula is C23H24N4O7S. The van der Waals surface area contributed by atoms with Gasteiger partial charge in [-0.05, 0) is 36.6 Å². The molecule has 3 aromatic rings. The summed E-state index contributed by atoms with van der Waals surface area (Å²) in [6.07, 6.45) is 0. The number of carboxylic acid groups (broad SMARTS) is 1. The SMILES string of the molecule is Cc1ccccc1S(=O)(=O)NC(=O)Nc1ccc(-c2cc(C(=O)NC(C(=O)O)C(C)C)on2)cc1. The van der Waals surface area contributed by atoms with Gasteiger partial charge in [0.25, 0.3) is 15.9 Å². The summed E-state index contributed by atoms with van der Waals surface area (Å²) < 4.78 is 31.9. The second-order valence-corrected chi connectivity index (χ2v) is 9.66. The van der Waals surface area contributed by atoms with Crippen LogP contribution in [0.5, 0.6) is 0 Å². The van der Waals surface area contributed by atoms with E-state index >= 15 is 0 Å². The number of amides is 3. The zero-order chi connectivity index (χ0) is 25.8. The van der Waals surface area contributed by atoms with Crippen LogP contribution in [-0.2, 0) is 14.8 Å². The van der Waals surface area contributed by atoms with Crippen molar-refractivity contribution in [2.45, 2.75) is 31.7 Å². The molecule has 0 fully saturated rings. The number of carboxylic acids is 1. The monoisotopic (exact) mass is 500 g/mol. The molecule has 0 radical (unpaired) electrons. The van der Waals surface area contributed by atoms with Crippen molar-refractivity contribution in [3.8, 4) is 11.3 Å². The normalized spacial score (nSPS) is 12.1. The Kier molecular flexibility index (Phi) is 7.55. The molecule has 0 saturated carbocycles. The second-order valence-electron chi connectivity index (χ2n) is 8.01. The number of benzene rings is 2. The molecule has 1 heterocycles. The molecule has 0 aliphatic rings. The van der Waals surface area contributed by atoms with Crippen LogP contribution in [-0.4, -0.2) is 42.6 Å². The molecule has 1 atom stereocenters. The fourth-order valence-corrected chi connectivity index (χ4v) is 4.31. The number of urea groups is 1. The third-order valence-corrected chi connectivity index (χ3v) is 6.49. The first-order valence-electron chi connectivity index (χ1n) is 10.5. The Balaban J connectivity index is 1.65. The van der Waals surface area contributed by atoms with Gasteiger partial charge in [-0.3, -0.25) is 4.79 Å². The van der Waals surface area contributed by atoms with Crippen molar-refractivity contribution < 1.29 is 32.4 Å². The van der Waals surface area contributed by atoms with E-state index in [1.807, 2.05) is 4.72 Å². The maximum Gasteiger partial charge on any atom is 0.333 e. The highest BCUT2D eigenvalue weighted by atomic mass is 32.2. The number of carbonyl (C=O) groups is 3. The molecule has 3 rings (SSSR count). The Labute approximate surface area is 201 Å². The molecule has 0 aliphatic carbocycles. The summed E-state index contributed by atoms with van der Waals surface area (Å²) in [5, 5.41) is 17.9. The molecule has 35 heavy (non-hydrogen) atoms. The average molecular weight is 501 g/mol. The molecule has 0 spiro atoms. The summed E-state index contributed by atoms with van der Waals surface area (Å²) in [6, 6.07) is 11.8. The highest BCUT2D eigenvalue weighted by Gasteiger charge is 2.26. The van der Waals surface area contributed by atoms with Gasteiger partial charge in [0.2, 0.25) is 5.76 Å². The van der Waals surface area contributed by atoms with Gasteiger partial charge in [0.05, 0.1) is 4.90 Å². The highest BCUT2D eigenvalue weighted by molar-refractivity contribution is 7.90. The van der Waals surface area contributed by atoms with Gasteiger partial charge < -0.3 is 20.3 Å². The van der Waals surface area contributed by atoms with E-state index in [0.29, 0.717) is 22.5 Å². The van der Waals surface area contributed by atoms with Crippen molar-refractivity contribution in [2.75, 3.05) is 5.32 Å². The summed E-state index contributed by atoms with van der Waals surface area (Å²) in [5.41, 5.74) is 1.67. The number of aromatic nitrogens is 1. The summed E-state index contributed by atoms with van der Waals surface area (Å²) in [6.45, 7) is 4.96. The van der Waals surface area contributed by atoms with E-state index < -0.39 is 34.0 Å². The number of nitrogens with one attached hydrogen (secondary N) is 3. The van der Waals surface area contributed by atoms with Crippen molar-refractivity contribution >= 4 is 33.6 Å². The number of anilines is 1. The van der Waals surface area contributed by atoms with Crippen molar-refractivity contribution in [1.29, 1.82) is 0 Å². The Morgan fingerprint density at radius 1 is 1.03 bits per heavy atom. The third-order valence-electron chi connectivity index (χ3n) is 5.00. The van der Waals surface area contributed by atoms with Crippen LogP contribution >= 0.6 is 0 Å². The molecular weight excluding hydrogens is 476 g/mol. The predicted octanol–water partition coefficient (Wildman–Crippen LogP) is 3.00. The Morgan fingerprint density at radius 3 is 2.29 bits per heavy atom. The number of nitrogens with zero attached hydrogens (tertiary/aromatic N) is 1. The van der Waals surface area contributed by atoms with Crippen LogP contribution in [0.25, 0.3) is 11.3 Å². The summed E-state index contributed by atoms with van der Waals surface area (Å²) >= 11 is 0. The lowest BCUT2D eigenvalue weighted by Crippen LogP contribution is -2.44. The minimum absolute atomic E-state index is 0.000518. The summed E-state index contributed by atoms with van der Waals surface area (Å²) in [5.74, 6) is -2.36. The van der Waals surface area contributed by atoms with E-state index in [2.05, 4.69) is 15.8 Å². The minimum Gasteiger partial charge on any atom is -0.480 e. The smallest absolute Gasteiger partial charge is 0.333 e. The van der Waals surface area contributed by atoms with E-state index in [1.165, 1.54) is 24.3 Å². The lowest BCUT2D eigenvalue weighted by Gasteiger charge is -2.16. The lowest BCUT2D eigenvalue weighted by atomic mass is 10.0. The second kappa shape index (κ2) is 10.4. The van der Waals surface area contributed by atoms with Crippen molar-refractivity contribution in [3.05, 3.63) is 65.9 Å². The largest absolute Gasteiger partial charge is 0.480 e. The lowest BCUT2D eigenvalue weighted by molar-refractivity contribution is -0.140. The maximum absolute atomic E-state index is 12.4. The summed E-state index contributed by atoms with van der Waals surface area (Å²) in [4.78, 5) is 35.8. The molecule has 184 valence electrons. The molecule has 4 N–H and O–H groups in total. The van der Waals surface area contributed by atoms with E-state index in [0.717, 1.165) is 0 Å². The number of rotatable bonds is 8. The number of hydrogen-bond donors (Lipinski definition) is 4. The molecule has 0 aliphatic heterocycles. The van der Waals surface area contributed by atoms with Gasteiger partial charge in [0.1, 0.15) is 11.7 Å². The van der Waals surface area contributed by atoms with Crippen LogP contribution in [0.1, 0.15) is 30.0 Å². The zero-order valence-electron chi connectivity index (χ0n) is 19.1. The quantitative estimate of drug-likeness (QED) is 0.366. The number of sulfonamides is 1. The molecule has 2 aromatic carbocycles. The van der Waals surface area contributed by atoms with Gasteiger partial charge in [-0.25, -0.2) is 22.7 Å². The maximum atomic E-state index is 12.4. The first-order chi connectivity index (χ1) is 16.5. The molecule has 1 unspecified atom stereocenters. The van der Waals surface area contributed by atoms with Gasteiger partial charge in [-0.1, -0.05) is 49.3 Å². The highest BCUT2D eigenvalue weighted by Crippen LogP contribution is 2.22. The summed E-state index contributed by atoms with van der Waals surface area (Å²) in [7, 11) is -4.05. The van der Waals surface area contributed by atoms with E-state index in [-0.39, 0.29) is 16.6 Å². The van der Waals surface area contributed by atoms with E-state index in [1.54, 1.807) is 51.1 Å². The first kappa shape index (κ1) is 25.4. The average Bonchev–Trinajstić information content (AvgIpc) is 3.27. The third kappa shape index (κ3) is 6.23. The van der Waals surface area contributed by atoms with Crippen LogP contribution in [0.4, 0.5) is 10.5 Å². The molecule has 11 nitrogen and oxygen atoms in total. The number of carbonyl (C=O) groups excluding carboxylic acids is 2. The standard InChI is InChI=1S/C23H24N4O7S/c1-13(2)20(22(29)30)25-21(28)18-12-17(26-34-18)15-8-10-16(11-9-15)24-23(31)27-35(32,33)19-7-5-4-6-14(19)3/h4-13,20H,1-3H3,(H,25,28)(H,29,30)(H2,24,27,31). The van der Waals surface area contributed by atoms with E-state index in [4.69, 9.17) is 4.52 Å². The fourth-order valence-electron chi connectivity index (χ4n) is 3.16. The van der Waals surface area contributed by atoms with Gasteiger partial charge in [0, 0.05) is 17.3 Å². The minimum atomic E-state index is -4.05. The van der Waals surface area contributed by atoms with Crippen LogP contribution < -0.4 is 15.4 Å². The van der Waals surface area contributed by atoms with Crippen LogP contribution in [0.15, 0.2) is 64.0 Å². The van der Waals surface area contributed by atoms with Crippen molar-refractivity contribution in [3.63, 3.8) is 0 Å². The van der Waals surface area contributed by atoms with Crippen LogP contribution in [0.2, 0.25) is 0 Å². The van der Waals surface area contributed by atoms with Crippen LogP contribution in [0, 0.1) is 12.8 Å². The Morgan fingerprint density at radius 2 is 1.69 bits per heavy atom. The molecule has 3 amide bonds. The molecule has 0 saturated heterocycles. The molecule has 0 bridgehead atoms. The number of aryl methyl sites for hydroxylation is 1. The van der Waals surface area contributed by atoms with Gasteiger partial charge in [-0.15, -0.1) is 0 Å². The Bertz CT molecular complexity index is 1350.